The second-order valence-corrected chi connectivity index (χ2v) is 6.09. The molecule has 19 heavy (non-hydrogen) atoms. The third-order valence-electron chi connectivity index (χ3n) is 2.52. The van der Waals surface area contributed by atoms with Gasteiger partial charge in [0.2, 0.25) is 5.89 Å². The molecule has 0 atom stereocenters. The van der Waals surface area contributed by atoms with Gasteiger partial charge in [0, 0.05) is 12.7 Å². The lowest BCUT2D eigenvalue weighted by Gasteiger charge is -1.98. The van der Waals surface area contributed by atoms with Crippen LogP contribution in [0.4, 0.5) is 0 Å². The first-order chi connectivity index (χ1) is 8.99. The van der Waals surface area contributed by atoms with E-state index in [0.29, 0.717) is 23.0 Å². The van der Waals surface area contributed by atoms with Gasteiger partial charge in [-0.2, -0.15) is 4.98 Å². The van der Waals surface area contributed by atoms with Crippen molar-refractivity contribution < 1.29 is 12.9 Å². The lowest BCUT2D eigenvalue weighted by atomic mass is 10.2. The number of benzene rings is 1. The number of aryl methyl sites for hydroxylation is 1. The van der Waals surface area contributed by atoms with Crippen molar-refractivity contribution in [3.8, 4) is 0 Å². The second-order valence-electron chi connectivity index (χ2n) is 4.07. The SMILES string of the molecule is CCc1nc(/C=C/c2ccc(S(C)(=O)=O)cc2)no1. The molecule has 0 unspecified atom stereocenters. The summed E-state index contributed by atoms with van der Waals surface area (Å²) in [6.07, 6.45) is 5.40. The summed E-state index contributed by atoms with van der Waals surface area (Å²) >= 11 is 0. The van der Waals surface area contributed by atoms with E-state index in [1.54, 1.807) is 36.4 Å². The van der Waals surface area contributed by atoms with Gasteiger partial charge in [0.1, 0.15) is 0 Å². The van der Waals surface area contributed by atoms with E-state index in [4.69, 9.17) is 4.52 Å². The van der Waals surface area contributed by atoms with Crippen LogP contribution in [0.15, 0.2) is 33.7 Å². The summed E-state index contributed by atoms with van der Waals surface area (Å²) in [6, 6.07) is 6.60. The van der Waals surface area contributed by atoms with Gasteiger partial charge in [-0.05, 0) is 23.8 Å². The lowest BCUT2D eigenvalue weighted by Crippen LogP contribution is -1.95. The minimum Gasteiger partial charge on any atom is -0.339 e. The molecule has 0 aliphatic rings. The number of sulfone groups is 1. The van der Waals surface area contributed by atoms with Gasteiger partial charge in [0.15, 0.2) is 15.7 Å². The number of aromatic nitrogens is 2. The number of hydrogen-bond donors (Lipinski definition) is 0. The van der Waals surface area contributed by atoms with Crippen molar-refractivity contribution in [2.75, 3.05) is 6.26 Å². The molecule has 0 aliphatic heterocycles. The highest BCUT2D eigenvalue weighted by Crippen LogP contribution is 2.12. The standard InChI is InChI=1S/C13H14N2O3S/c1-3-13-14-12(15-18-13)9-6-10-4-7-11(8-5-10)19(2,16)17/h4-9H,3H2,1-2H3/b9-6+. The van der Waals surface area contributed by atoms with Gasteiger partial charge < -0.3 is 4.52 Å². The molecule has 0 spiro atoms. The molecule has 0 saturated carbocycles. The molecule has 0 radical (unpaired) electrons. The van der Waals surface area contributed by atoms with Gasteiger partial charge in [-0.1, -0.05) is 30.3 Å². The molecular formula is C13H14N2O3S. The van der Waals surface area contributed by atoms with Crippen LogP contribution in [0.1, 0.15) is 24.2 Å². The molecule has 100 valence electrons. The van der Waals surface area contributed by atoms with E-state index in [1.165, 1.54) is 6.26 Å². The molecular weight excluding hydrogens is 264 g/mol. The lowest BCUT2D eigenvalue weighted by molar-refractivity contribution is 0.380. The Morgan fingerprint density at radius 2 is 1.89 bits per heavy atom. The van der Waals surface area contributed by atoms with Gasteiger partial charge in [0.25, 0.3) is 0 Å². The summed E-state index contributed by atoms with van der Waals surface area (Å²) in [5, 5.41) is 3.79. The van der Waals surface area contributed by atoms with E-state index in [2.05, 4.69) is 10.1 Å². The topological polar surface area (TPSA) is 73.1 Å². The Morgan fingerprint density at radius 3 is 2.42 bits per heavy atom. The fraction of sp³-hybridized carbons (Fsp3) is 0.231. The molecule has 0 saturated heterocycles. The van der Waals surface area contributed by atoms with Crippen LogP contribution in [-0.4, -0.2) is 24.8 Å². The minimum atomic E-state index is -3.15. The van der Waals surface area contributed by atoms with E-state index < -0.39 is 9.84 Å². The fourth-order valence-electron chi connectivity index (χ4n) is 1.48. The van der Waals surface area contributed by atoms with Crippen molar-refractivity contribution in [3.05, 3.63) is 41.5 Å². The molecule has 2 aromatic rings. The average molecular weight is 278 g/mol. The number of rotatable bonds is 4. The molecule has 1 aromatic heterocycles. The van der Waals surface area contributed by atoms with Crippen LogP contribution in [0.5, 0.6) is 0 Å². The second kappa shape index (κ2) is 5.36. The maximum atomic E-state index is 11.3. The maximum absolute atomic E-state index is 11.3. The Morgan fingerprint density at radius 1 is 1.21 bits per heavy atom. The maximum Gasteiger partial charge on any atom is 0.226 e. The van der Waals surface area contributed by atoms with Crippen LogP contribution in [0.3, 0.4) is 0 Å². The highest BCUT2D eigenvalue weighted by molar-refractivity contribution is 7.90. The van der Waals surface area contributed by atoms with Crippen molar-refractivity contribution >= 4 is 22.0 Å². The van der Waals surface area contributed by atoms with Crippen molar-refractivity contribution in [1.29, 1.82) is 0 Å². The predicted molar refractivity (Wildman–Crippen MR) is 72.2 cm³/mol. The summed E-state index contributed by atoms with van der Waals surface area (Å²) in [4.78, 5) is 4.44. The van der Waals surface area contributed by atoms with Crippen LogP contribution in [-0.2, 0) is 16.3 Å². The summed E-state index contributed by atoms with van der Waals surface area (Å²) in [5.41, 5.74) is 0.871. The largest absolute Gasteiger partial charge is 0.339 e. The Balaban J connectivity index is 2.15. The first kappa shape index (κ1) is 13.5. The summed E-state index contributed by atoms with van der Waals surface area (Å²) in [5.74, 6) is 1.09. The van der Waals surface area contributed by atoms with Gasteiger partial charge in [-0.3, -0.25) is 0 Å². The monoisotopic (exact) mass is 278 g/mol. The summed E-state index contributed by atoms with van der Waals surface area (Å²) < 4.78 is 27.6. The molecule has 1 heterocycles. The van der Waals surface area contributed by atoms with E-state index in [0.717, 1.165) is 5.56 Å². The number of nitrogens with zero attached hydrogens (tertiary/aromatic N) is 2. The molecule has 5 nitrogen and oxygen atoms in total. The van der Waals surface area contributed by atoms with Gasteiger partial charge in [0.05, 0.1) is 4.90 Å². The smallest absolute Gasteiger partial charge is 0.226 e. The molecule has 0 aliphatic carbocycles. The molecule has 0 bridgehead atoms. The van der Waals surface area contributed by atoms with Crippen molar-refractivity contribution in [2.45, 2.75) is 18.2 Å². The highest BCUT2D eigenvalue weighted by atomic mass is 32.2. The van der Waals surface area contributed by atoms with Crippen molar-refractivity contribution in [1.82, 2.24) is 10.1 Å². The van der Waals surface area contributed by atoms with E-state index in [9.17, 15) is 8.42 Å². The zero-order valence-electron chi connectivity index (χ0n) is 10.7. The van der Waals surface area contributed by atoms with Gasteiger partial charge in [-0.15, -0.1) is 0 Å². The van der Waals surface area contributed by atoms with E-state index in [1.807, 2.05) is 6.92 Å². The van der Waals surface area contributed by atoms with E-state index >= 15 is 0 Å². The minimum absolute atomic E-state index is 0.303. The van der Waals surface area contributed by atoms with Crippen LogP contribution in [0.25, 0.3) is 12.2 Å². The molecule has 6 heteroatoms. The molecule has 2 rings (SSSR count). The van der Waals surface area contributed by atoms with Gasteiger partial charge in [-0.25, -0.2) is 8.42 Å². The average Bonchev–Trinajstić information content (AvgIpc) is 2.84. The van der Waals surface area contributed by atoms with Crippen LogP contribution in [0.2, 0.25) is 0 Å². The summed E-state index contributed by atoms with van der Waals surface area (Å²) in [7, 11) is -3.15. The Kier molecular flexibility index (Phi) is 3.80. The summed E-state index contributed by atoms with van der Waals surface area (Å²) in [6.45, 7) is 1.94. The zero-order valence-corrected chi connectivity index (χ0v) is 11.5. The first-order valence-corrected chi connectivity index (χ1v) is 7.69. The number of hydrogen-bond acceptors (Lipinski definition) is 5. The first-order valence-electron chi connectivity index (χ1n) is 5.80. The molecule has 1 aromatic carbocycles. The quantitative estimate of drug-likeness (QED) is 0.857. The molecule has 0 amide bonds. The van der Waals surface area contributed by atoms with Crippen molar-refractivity contribution in [2.24, 2.45) is 0 Å². The van der Waals surface area contributed by atoms with Crippen LogP contribution < -0.4 is 0 Å². The van der Waals surface area contributed by atoms with Crippen LogP contribution >= 0.6 is 0 Å². The zero-order chi connectivity index (χ0) is 13.9. The fourth-order valence-corrected chi connectivity index (χ4v) is 2.11. The molecule has 0 fully saturated rings. The third kappa shape index (κ3) is 3.51. The Hall–Kier alpha value is -1.95. The normalized spacial score (nSPS) is 12.1. The third-order valence-corrected chi connectivity index (χ3v) is 3.65. The Bertz CT molecular complexity index is 685. The predicted octanol–water partition coefficient (Wildman–Crippen LogP) is 2.21. The van der Waals surface area contributed by atoms with Crippen LogP contribution in [0, 0.1) is 0 Å². The van der Waals surface area contributed by atoms with E-state index in [-0.39, 0.29) is 0 Å². The van der Waals surface area contributed by atoms with Gasteiger partial charge >= 0.3 is 0 Å². The highest BCUT2D eigenvalue weighted by Gasteiger charge is 2.05. The molecule has 0 N–H and O–H groups in total. The van der Waals surface area contributed by atoms with Crippen molar-refractivity contribution in [3.63, 3.8) is 0 Å². The Labute approximate surface area is 111 Å².